The van der Waals surface area contributed by atoms with E-state index in [-0.39, 0.29) is 0 Å². The van der Waals surface area contributed by atoms with E-state index in [2.05, 4.69) is 35.2 Å². The third-order valence-electron chi connectivity index (χ3n) is 1.70. The van der Waals surface area contributed by atoms with E-state index in [0.717, 1.165) is 3.57 Å². The van der Waals surface area contributed by atoms with Crippen LogP contribution >= 0.6 is 22.6 Å². The normalized spacial score (nSPS) is 9.13. The van der Waals surface area contributed by atoms with Crippen molar-refractivity contribution >= 4 is 22.6 Å². The number of hydrogen-bond donors (Lipinski definition) is 0. The van der Waals surface area contributed by atoms with Gasteiger partial charge in [-0.25, -0.2) is 0 Å². The molecule has 15 heavy (non-hydrogen) atoms. The zero-order valence-corrected chi connectivity index (χ0v) is 10.4. The Morgan fingerprint density at radius 3 is 2.87 bits per heavy atom. The number of rotatable bonds is 4. The number of benzene rings is 1. The molecule has 0 unspecified atom stereocenters. The molecule has 0 amide bonds. The standard InChI is InChI=1S/C11H10INO2/c1-3-4-15-11-9(12)5-8(7-13)6-10(11)14-2/h3,5-6H,1,4H2,2H3. The van der Waals surface area contributed by atoms with Gasteiger partial charge >= 0.3 is 0 Å². The summed E-state index contributed by atoms with van der Waals surface area (Å²) in [5, 5.41) is 8.78. The van der Waals surface area contributed by atoms with Crippen molar-refractivity contribution in [2.24, 2.45) is 0 Å². The molecule has 0 bridgehead atoms. The van der Waals surface area contributed by atoms with Crippen LogP contribution in [0.1, 0.15) is 5.56 Å². The van der Waals surface area contributed by atoms with Gasteiger partial charge in [-0.1, -0.05) is 12.7 Å². The van der Waals surface area contributed by atoms with Gasteiger partial charge in [0.05, 0.1) is 22.3 Å². The minimum Gasteiger partial charge on any atom is -0.493 e. The summed E-state index contributed by atoms with van der Waals surface area (Å²) in [7, 11) is 1.55. The van der Waals surface area contributed by atoms with Crippen LogP contribution in [0.2, 0.25) is 0 Å². The van der Waals surface area contributed by atoms with Crippen LogP contribution in [0.15, 0.2) is 24.8 Å². The first-order valence-corrected chi connectivity index (χ1v) is 5.32. The molecule has 0 saturated heterocycles. The molecule has 0 saturated carbocycles. The zero-order valence-electron chi connectivity index (χ0n) is 8.29. The number of nitrogens with zero attached hydrogens (tertiary/aromatic N) is 1. The van der Waals surface area contributed by atoms with Crippen molar-refractivity contribution in [2.75, 3.05) is 13.7 Å². The van der Waals surface area contributed by atoms with E-state index in [1.165, 1.54) is 0 Å². The molecule has 1 aromatic rings. The lowest BCUT2D eigenvalue weighted by atomic mass is 10.2. The minimum atomic E-state index is 0.415. The second kappa shape index (κ2) is 5.61. The van der Waals surface area contributed by atoms with Gasteiger partial charge in [0, 0.05) is 6.07 Å². The number of halogens is 1. The molecule has 0 aliphatic heterocycles. The van der Waals surface area contributed by atoms with Crippen molar-refractivity contribution in [3.8, 4) is 17.6 Å². The summed E-state index contributed by atoms with van der Waals surface area (Å²) in [4.78, 5) is 0. The molecule has 0 aliphatic carbocycles. The fourth-order valence-corrected chi connectivity index (χ4v) is 1.82. The van der Waals surface area contributed by atoms with Crippen molar-refractivity contribution in [3.05, 3.63) is 33.9 Å². The van der Waals surface area contributed by atoms with E-state index in [1.54, 1.807) is 25.3 Å². The lowest BCUT2D eigenvalue weighted by Crippen LogP contribution is -1.99. The molecule has 4 heteroatoms. The molecule has 0 aromatic heterocycles. The average molecular weight is 315 g/mol. The molecule has 0 atom stereocenters. The van der Waals surface area contributed by atoms with Crippen molar-refractivity contribution in [2.45, 2.75) is 0 Å². The molecule has 0 radical (unpaired) electrons. The van der Waals surface area contributed by atoms with E-state index in [9.17, 15) is 0 Å². The second-order valence-corrected chi connectivity index (χ2v) is 3.86. The molecule has 1 rings (SSSR count). The first kappa shape index (κ1) is 11.9. The zero-order chi connectivity index (χ0) is 11.3. The van der Waals surface area contributed by atoms with Crippen LogP contribution in [0.3, 0.4) is 0 Å². The van der Waals surface area contributed by atoms with E-state index in [4.69, 9.17) is 14.7 Å². The van der Waals surface area contributed by atoms with Crippen LogP contribution in [0.25, 0.3) is 0 Å². The highest BCUT2D eigenvalue weighted by molar-refractivity contribution is 14.1. The minimum absolute atomic E-state index is 0.415. The molecule has 0 N–H and O–H groups in total. The summed E-state index contributed by atoms with van der Waals surface area (Å²) in [5.41, 5.74) is 0.558. The lowest BCUT2D eigenvalue weighted by molar-refractivity contribution is 0.324. The van der Waals surface area contributed by atoms with Crippen LogP contribution < -0.4 is 9.47 Å². The van der Waals surface area contributed by atoms with Crippen LogP contribution in [0.4, 0.5) is 0 Å². The van der Waals surface area contributed by atoms with Crippen molar-refractivity contribution in [3.63, 3.8) is 0 Å². The Balaban J connectivity index is 3.13. The van der Waals surface area contributed by atoms with E-state index in [1.807, 2.05) is 0 Å². The first-order chi connectivity index (χ1) is 7.22. The van der Waals surface area contributed by atoms with Crippen LogP contribution in [-0.2, 0) is 0 Å². The molecule has 0 aliphatic rings. The highest BCUT2D eigenvalue weighted by Crippen LogP contribution is 2.33. The molecular weight excluding hydrogens is 305 g/mol. The molecular formula is C11H10INO2. The molecule has 1 aromatic carbocycles. The monoisotopic (exact) mass is 315 g/mol. The summed E-state index contributed by atoms with van der Waals surface area (Å²) < 4.78 is 11.5. The van der Waals surface area contributed by atoms with Gasteiger partial charge in [0.1, 0.15) is 6.61 Å². The first-order valence-electron chi connectivity index (χ1n) is 4.24. The van der Waals surface area contributed by atoms with E-state index in [0.29, 0.717) is 23.7 Å². The highest BCUT2D eigenvalue weighted by atomic mass is 127. The van der Waals surface area contributed by atoms with Gasteiger partial charge in [-0.2, -0.15) is 5.26 Å². The third-order valence-corrected chi connectivity index (χ3v) is 2.51. The maximum atomic E-state index is 8.78. The Kier molecular flexibility index (Phi) is 4.43. The van der Waals surface area contributed by atoms with Gasteiger partial charge in [0.2, 0.25) is 0 Å². The molecule has 0 heterocycles. The Morgan fingerprint density at radius 2 is 2.33 bits per heavy atom. The van der Waals surface area contributed by atoms with Gasteiger partial charge in [-0.15, -0.1) is 0 Å². The summed E-state index contributed by atoms with van der Waals surface area (Å²) >= 11 is 2.11. The molecule has 78 valence electrons. The maximum absolute atomic E-state index is 8.78. The Morgan fingerprint density at radius 1 is 1.60 bits per heavy atom. The second-order valence-electron chi connectivity index (χ2n) is 2.70. The number of hydrogen-bond acceptors (Lipinski definition) is 3. The summed E-state index contributed by atoms with van der Waals surface area (Å²) in [6.07, 6.45) is 1.66. The molecule has 0 fully saturated rings. The maximum Gasteiger partial charge on any atom is 0.175 e. The predicted octanol–water partition coefficient (Wildman–Crippen LogP) is 2.74. The number of nitriles is 1. The lowest BCUT2D eigenvalue weighted by Gasteiger charge is -2.11. The molecule has 0 spiro atoms. The van der Waals surface area contributed by atoms with Crippen molar-refractivity contribution in [1.29, 1.82) is 5.26 Å². The van der Waals surface area contributed by atoms with Crippen LogP contribution in [0.5, 0.6) is 11.5 Å². The van der Waals surface area contributed by atoms with E-state index >= 15 is 0 Å². The fraction of sp³-hybridized carbons (Fsp3) is 0.182. The van der Waals surface area contributed by atoms with Crippen molar-refractivity contribution in [1.82, 2.24) is 0 Å². The van der Waals surface area contributed by atoms with E-state index < -0.39 is 0 Å². The third kappa shape index (κ3) is 2.86. The van der Waals surface area contributed by atoms with Gasteiger partial charge in [-0.3, -0.25) is 0 Å². The summed E-state index contributed by atoms with van der Waals surface area (Å²) in [6.45, 7) is 3.99. The SMILES string of the molecule is C=CCOc1c(I)cc(C#N)cc1OC. The van der Waals surface area contributed by atoms with Gasteiger partial charge in [-0.05, 0) is 28.7 Å². The van der Waals surface area contributed by atoms with Crippen molar-refractivity contribution < 1.29 is 9.47 Å². The highest BCUT2D eigenvalue weighted by Gasteiger charge is 2.10. The fourth-order valence-electron chi connectivity index (χ4n) is 1.07. The summed E-state index contributed by atoms with van der Waals surface area (Å²) in [6, 6.07) is 5.47. The Bertz CT molecular complexity index is 410. The Hall–Kier alpha value is -1.22. The summed E-state index contributed by atoms with van der Waals surface area (Å²) in [5.74, 6) is 1.22. The number of ether oxygens (including phenoxy) is 2. The van der Waals surface area contributed by atoms with Gasteiger partial charge < -0.3 is 9.47 Å². The Labute approximate surface area is 102 Å². The topological polar surface area (TPSA) is 42.2 Å². The quantitative estimate of drug-likeness (QED) is 0.634. The molecule has 3 nitrogen and oxygen atoms in total. The average Bonchev–Trinajstić information content (AvgIpc) is 2.26. The van der Waals surface area contributed by atoms with Crippen LogP contribution in [0, 0.1) is 14.9 Å². The smallest absolute Gasteiger partial charge is 0.175 e. The largest absolute Gasteiger partial charge is 0.493 e. The van der Waals surface area contributed by atoms with Crippen LogP contribution in [-0.4, -0.2) is 13.7 Å². The number of methoxy groups -OCH3 is 1. The predicted molar refractivity (Wildman–Crippen MR) is 66.1 cm³/mol. The van der Waals surface area contributed by atoms with Gasteiger partial charge in [0.15, 0.2) is 11.5 Å². The van der Waals surface area contributed by atoms with Gasteiger partial charge in [0.25, 0.3) is 0 Å².